The number of ether oxygens (including phenoxy) is 4. The fraction of sp³-hybridized carbons (Fsp3) is 0.314. The zero-order chi connectivity index (χ0) is 32.3. The first-order valence-electron chi connectivity index (χ1n) is 14.9. The molecule has 0 radical (unpaired) electrons. The molecule has 242 valence electrons. The number of hydrogen-bond donors (Lipinski definition) is 0. The summed E-state index contributed by atoms with van der Waals surface area (Å²) in [6, 6.07) is 29.4. The van der Waals surface area contributed by atoms with Gasteiger partial charge in [0.05, 0.1) is 18.1 Å². The number of nitrogens with zero attached hydrogens (tertiary/aromatic N) is 1. The van der Waals surface area contributed by atoms with Crippen LogP contribution in [0.3, 0.4) is 0 Å². The Morgan fingerprint density at radius 2 is 0.956 bits per heavy atom. The van der Waals surface area contributed by atoms with Crippen molar-refractivity contribution in [2.24, 2.45) is 0 Å². The monoisotopic (exact) mass is 653 g/mol. The highest BCUT2D eigenvalue weighted by Crippen LogP contribution is 2.70. The van der Waals surface area contributed by atoms with Crippen molar-refractivity contribution in [3.05, 3.63) is 103 Å². The van der Waals surface area contributed by atoms with E-state index in [9.17, 15) is 8.42 Å². The van der Waals surface area contributed by atoms with Gasteiger partial charge in [0.15, 0.2) is 0 Å². The molecule has 0 unspecified atom stereocenters. The molecule has 0 saturated carbocycles. The van der Waals surface area contributed by atoms with Crippen molar-refractivity contribution in [1.29, 1.82) is 0 Å². The topological polar surface area (TPSA) is 83.5 Å². The third-order valence-electron chi connectivity index (χ3n) is 6.90. The van der Waals surface area contributed by atoms with E-state index in [1.807, 2.05) is 113 Å². The van der Waals surface area contributed by atoms with Gasteiger partial charge in [-0.2, -0.15) is 8.42 Å². The molecular formula is C35H43NO7S2. The van der Waals surface area contributed by atoms with E-state index in [4.69, 9.17) is 22.6 Å². The van der Waals surface area contributed by atoms with E-state index in [0.717, 1.165) is 16.1 Å². The van der Waals surface area contributed by atoms with Gasteiger partial charge in [-0.05, 0) is 116 Å². The lowest BCUT2D eigenvalue weighted by molar-refractivity contribution is 0.110. The summed E-state index contributed by atoms with van der Waals surface area (Å²) in [7, 11) is -3.16. The minimum absolute atomic E-state index is 0.0849. The normalized spacial score (nSPS) is 12.1. The van der Waals surface area contributed by atoms with Crippen molar-refractivity contribution in [3.8, 4) is 11.5 Å². The zero-order valence-corrected chi connectivity index (χ0v) is 28.2. The predicted octanol–water partition coefficient (Wildman–Crippen LogP) is 7.49. The van der Waals surface area contributed by atoms with Crippen molar-refractivity contribution >= 4 is 26.1 Å². The summed E-state index contributed by atoms with van der Waals surface area (Å²) in [5.41, 5.74) is 1.93. The number of benzene rings is 4. The molecule has 0 N–H and O–H groups in total. The van der Waals surface area contributed by atoms with Crippen molar-refractivity contribution in [3.63, 3.8) is 0 Å². The van der Waals surface area contributed by atoms with E-state index in [2.05, 4.69) is 0 Å². The van der Waals surface area contributed by atoms with Crippen molar-refractivity contribution < 1.29 is 31.0 Å². The molecule has 4 aromatic carbocycles. The maximum absolute atomic E-state index is 14.1. The van der Waals surface area contributed by atoms with Crippen LogP contribution in [0.4, 0.5) is 5.69 Å². The summed E-state index contributed by atoms with van der Waals surface area (Å²) in [6.45, 7) is 8.77. The third-order valence-corrected chi connectivity index (χ3v) is 12.1. The molecule has 10 heteroatoms. The first-order chi connectivity index (χ1) is 21.7. The molecule has 0 aliphatic heterocycles. The lowest BCUT2D eigenvalue weighted by Gasteiger charge is -2.39. The molecule has 0 saturated heterocycles. The molecular weight excluding hydrogens is 611 g/mol. The van der Waals surface area contributed by atoms with Crippen LogP contribution >= 0.6 is 10.3 Å². The maximum atomic E-state index is 14.1. The first-order valence-corrected chi connectivity index (χ1v) is 17.9. The molecule has 8 nitrogen and oxygen atoms in total. The Morgan fingerprint density at radius 3 is 1.36 bits per heavy atom. The van der Waals surface area contributed by atoms with E-state index in [0.29, 0.717) is 60.9 Å². The Kier molecular flexibility index (Phi) is 12.3. The molecule has 0 aromatic heterocycles. The van der Waals surface area contributed by atoms with Crippen LogP contribution < -0.4 is 14.4 Å². The molecule has 0 atom stereocenters. The average molecular weight is 654 g/mol. The van der Waals surface area contributed by atoms with Crippen LogP contribution in [0.5, 0.6) is 11.5 Å². The smallest absolute Gasteiger partial charge is 0.307 e. The first kappa shape index (κ1) is 34.3. The predicted molar refractivity (Wildman–Crippen MR) is 179 cm³/mol. The fourth-order valence-corrected chi connectivity index (χ4v) is 9.70. The second-order valence-electron chi connectivity index (χ2n) is 10.3. The SMILES string of the molecule is CCOCCOc1ccc(S(OS(=O)(=O)c2ccc(C)cc2)(c2ccc(OCCOCC)cc2)c2ccc(N(C)C)cc2)cc1. The van der Waals surface area contributed by atoms with Gasteiger partial charge in [0.1, 0.15) is 24.7 Å². The van der Waals surface area contributed by atoms with E-state index in [-0.39, 0.29) is 4.90 Å². The Labute approximate surface area is 269 Å². The molecule has 0 spiro atoms. The Bertz CT molecular complexity index is 1520. The quantitative estimate of drug-likeness (QED) is 0.108. The number of anilines is 1. The highest BCUT2D eigenvalue weighted by molar-refractivity contribution is 8.33. The van der Waals surface area contributed by atoms with Crippen LogP contribution in [0.25, 0.3) is 0 Å². The van der Waals surface area contributed by atoms with Gasteiger partial charge in [-0.15, -0.1) is 0 Å². The van der Waals surface area contributed by atoms with Crippen LogP contribution in [0.15, 0.2) is 117 Å². The minimum Gasteiger partial charge on any atom is -0.491 e. The second-order valence-corrected chi connectivity index (χ2v) is 14.8. The van der Waals surface area contributed by atoms with Crippen LogP contribution in [0.1, 0.15) is 19.4 Å². The van der Waals surface area contributed by atoms with Crippen LogP contribution in [0, 0.1) is 6.92 Å². The largest absolute Gasteiger partial charge is 0.491 e. The zero-order valence-electron chi connectivity index (χ0n) is 26.6. The summed E-state index contributed by atoms with van der Waals surface area (Å²) >= 11 is 0. The molecule has 0 fully saturated rings. The van der Waals surface area contributed by atoms with E-state index < -0.39 is 20.4 Å². The van der Waals surface area contributed by atoms with Gasteiger partial charge in [-0.25, -0.2) is 3.63 Å². The molecule has 0 aliphatic rings. The van der Waals surface area contributed by atoms with Gasteiger partial charge in [0.25, 0.3) is 0 Å². The molecule has 0 heterocycles. The lowest BCUT2D eigenvalue weighted by Crippen LogP contribution is -2.15. The second kappa shape index (κ2) is 16.1. The van der Waals surface area contributed by atoms with Crippen LogP contribution in [-0.2, 0) is 23.2 Å². The molecule has 0 bridgehead atoms. The van der Waals surface area contributed by atoms with E-state index >= 15 is 0 Å². The summed E-state index contributed by atoms with van der Waals surface area (Å²) < 4.78 is 57.3. The summed E-state index contributed by atoms with van der Waals surface area (Å²) in [4.78, 5) is 4.18. The van der Waals surface area contributed by atoms with Gasteiger partial charge < -0.3 is 23.8 Å². The standard InChI is InChI=1S/C35H43NO7S2/c1-6-39-24-26-41-30-12-20-33(21-13-30)44(32-18-10-29(11-19-32)36(4)5,43-45(37,38)35-16-8-28(3)9-17-35)34-22-14-31(15-23-34)42-27-25-40-7-2/h8-23H,6-7,24-27H2,1-5H3. The van der Waals surface area contributed by atoms with Gasteiger partial charge >= 0.3 is 10.1 Å². The van der Waals surface area contributed by atoms with Crippen LogP contribution in [0.2, 0.25) is 0 Å². The number of rotatable bonds is 17. The highest BCUT2D eigenvalue weighted by atomic mass is 32.3. The number of hydrogen-bond acceptors (Lipinski definition) is 8. The molecule has 0 aliphatic carbocycles. The van der Waals surface area contributed by atoms with Crippen molar-refractivity contribution in [2.45, 2.75) is 40.4 Å². The Morgan fingerprint density at radius 1 is 0.556 bits per heavy atom. The average Bonchev–Trinajstić information content (AvgIpc) is 3.05. The summed E-state index contributed by atoms with van der Waals surface area (Å²) in [5, 5.41) is 0. The summed E-state index contributed by atoms with van der Waals surface area (Å²) in [5.74, 6) is 1.29. The lowest BCUT2D eigenvalue weighted by atomic mass is 10.2. The maximum Gasteiger partial charge on any atom is 0.307 e. The Hall–Kier alpha value is -3.54. The van der Waals surface area contributed by atoms with Gasteiger partial charge in [-0.3, -0.25) is 0 Å². The minimum atomic E-state index is -4.24. The fourth-order valence-electron chi connectivity index (χ4n) is 4.52. The third kappa shape index (κ3) is 8.80. The molecule has 45 heavy (non-hydrogen) atoms. The van der Waals surface area contributed by atoms with Crippen molar-refractivity contribution in [1.82, 2.24) is 0 Å². The molecule has 0 amide bonds. The molecule has 4 rings (SSSR count). The van der Waals surface area contributed by atoms with Crippen molar-refractivity contribution in [2.75, 3.05) is 58.6 Å². The number of aryl methyl sites for hydroxylation is 1. The Balaban J connectivity index is 1.86. The highest BCUT2D eigenvalue weighted by Gasteiger charge is 2.38. The summed E-state index contributed by atoms with van der Waals surface area (Å²) in [6.07, 6.45) is 0. The van der Waals surface area contributed by atoms with Gasteiger partial charge in [-0.1, -0.05) is 17.7 Å². The van der Waals surface area contributed by atoms with Crippen LogP contribution in [-0.4, -0.2) is 62.2 Å². The van der Waals surface area contributed by atoms with E-state index in [1.165, 1.54) is 0 Å². The van der Waals surface area contributed by atoms with Gasteiger partial charge in [0, 0.05) is 47.7 Å². The van der Waals surface area contributed by atoms with E-state index in [1.54, 1.807) is 24.3 Å². The van der Waals surface area contributed by atoms with Gasteiger partial charge in [0.2, 0.25) is 0 Å². The molecule has 4 aromatic rings.